The summed E-state index contributed by atoms with van der Waals surface area (Å²) in [5, 5.41) is 23.3. The summed E-state index contributed by atoms with van der Waals surface area (Å²) in [7, 11) is 0. The van der Waals surface area contributed by atoms with Crippen LogP contribution >= 0.6 is 0 Å². The molecule has 0 aromatic rings. The van der Waals surface area contributed by atoms with Gasteiger partial charge in [0.1, 0.15) is 0 Å². The minimum Gasteiger partial charge on any atom is -0.394 e. The van der Waals surface area contributed by atoms with Crippen molar-refractivity contribution < 1.29 is 15.0 Å². The molecule has 0 fully saturated rings. The molecule has 4 heteroatoms. The van der Waals surface area contributed by atoms with Gasteiger partial charge in [0, 0.05) is 6.42 Å². The van der Waals surface area contributed by atoms with Crippen LogP contribution in [0.2, 0.25) is 0 Å². The van der Waals surface area contributed by atoms with Crippen LogP contribution < -0.4 is 5.32 Å². The summed E-state index contributed by atoms with van der Waals surface area (Å²) in [5.74, 6) is -0.0599. The Morgan fingerprint density at radius 1 is 0.329 bits per heavy atom. The van der Waals surface area contributed by atoms with Gasteiger partial charge in [0.2, 0.25) is 5.91 Å². The van der Waals surface area contributed by atoms with Gasteiger partial charge < -0.3 is 15.5 Å². The highest BCUT2D eigenvalue weighted by molar-refractivity contribution is 5.76. The Bertz CT molecular complexity index is 1160. The number of amides is 1. The Morgan fingerprint density at radius 3 is 0.836 bits per heavy atom. The number of aliphatic hydroxyl groups excluding tert-OH is 2. The summed E-state index contributed by atoms with van der Waals surface area (Å²) < 4.78 is 0. The minimum atomic E-state index is -0.842. The summed E-state index contributed by atoms with van der Waals surface area (Å²) in [4.78, 5) is 12.5. The zero-order valence-electron chi connectivity index (χ0n) is 49.7. The average molecular weight is 1020 g/mol. The molecule has 2 atom stereocenters. The number of carbonyl (C=O) groups excluding carboxylic acids is 1. The molecular formula is C69H131NO3. The van der Waals surface area contributed by atoms with Crippen LogP contribution in [0.1, 0.15) is 367 Å². The van der Waals surface area contributed by atoms with E-state index in [0.29, 0.717) is 6.42 Å². The lowest BCUT2D eigenvalue weighted by Gasteiger charge is -2.20. The molecule has 3 N–H and O–H groups in total. The first-order valence-electron chi connectivity index (χ1n) is 33.4. The third-order valence-corrected chi connectivity index (χ3v) is 15.6. The molecule has 0 aromatic heterocycles. The van der Waals surface area contributed by atoms with Gasteiger partial charge in [-0.25, -0.2) is 0 Å². The summed E-state index contributed by atoms with van der Waals surface area (Å²) in [5.41, 5.74) is 0. The second-order valence-electron chi connectivity index (χ2n) is 22.9. The van der Waals surface area contributed by atoms with Crippen molar-refractivity contribution in [3.63, 3.8) is 0 Å². The van der Waals surface area contributed by atoms with Crippen LogP contribution in [0.15, 0.2) is 48.6 Å². The monoisotopic (exact) mass is 1020 g/mol. The van der Waals surface area contributed by atoms with E-state index in [4.69, 9.17) is 0 Å². The Labute approximate surface area is 458 Å². The fourth-order valence-electron chi connectivity index (χ4n) is 10.5. The molecular weight excluding hydrogens is 891 g/mol. The molecule has 0 aliphatic rings. The van der Waals surface area contributed by atoms with Crippen molar-refractivity contribution in [2.75, 3.05) is 6.61 Å². The van der Waals surface area contributed by atoms with Gasteiger partial charge in [-0.15, -0.1) is 0 Å². The van der Waals surface area contributed by atoms with Crippen molar-refractivity contribution in [3.05, 3.63) is 48.6 Å². The second kappa shape index (κ2) is 64.6. The Balaban J connectivity index is 3.45. The largest absolute Gasteiger partial charge is 0.394 e. The van der Waals surface area contributed by atoms with E-state index in [9.17, 15) is 15.0 Å². The molecule has 0 aromatic carbocycles. The topological polar surface area (TPSA) is 69.6 Å². The van der Waals surface area contributed by atoms with Gasteiger partial charge in [-0.05, 0) is 57.8 Å². The molecule has 0 saturated heterocycles. The molecule has 0 radical (unpaired) electrons. The lowest BCUT2D eigenvalue weighted by Crippen LogP contribution is -2.45. The molecule has 73 heavy (non-hydrogen) atoms. The quantitative estimate of drug-likeness (QED) is 0.0420. The van der Waals surface area contributed by atoms with Crippen LogP contribution in [-0.2, 0) is 4.79 Å². The maximum Gasteiger partial charge on any atom is 0.220 e. The van der Waals surface area contributed by atoms with Gasteiger partial charge in [0.15, 0.2) is 0 Å². The van der Waals surface area contributed by atoms with E-state index in [1.807, 2.05) is 6.08 Å². The maximum atomic E-state index is 12.5. The SMILES string of the molecule is CCCCCCC/C=C\C/C=C\C/C=C\CCCCCCCCCCCCCCCCC(=O)NC(CO)C(O)/C=C/CCCCCCCCCCCCCCCCCCCCCCCCCCCCCCCC. The van der Waals surface area contributed by atoms with Gasteiger partial charge in [-0.3, -0.25) is 4.79 Å². The van der Waals surface area contributed by atoms with Crippen LogP contribution in [0.5, 0.6) is 0 Å². The van der Waals surface area contributed by atoms with Crippen LogP contribution in [0, 0.1) is 0 Å². The predicted octanol–water partition coefficient (Wildman–Crippen LogP) is 22.5. The number of nitrogens with one attached hydrogen (secondary N) is 1. The Morgan fingerprint density at radius 2 is 0.562 bits per heavy atom. The van der Waals surface area contributed by atoms with E-state index in [1.165, 1.54) is 308 Å². The van der Waals surface area contributed by atoms with E-state index in [1.54, 1.807) is 6.08 Å². The highest BCUT2D eigenvalue weighted by Gasteiger charge is 2.18. The third-order valence-electron chi connectivity index (χ3n) is 15.6. The number of allylic oxidation sites excluding steroid dienone is 7. The van der Waals surface area contributed by atoms with Crippen LogP contribution in [0.3, 0.4) is 0 Å². The first kappa shape index (κ1) is 71.3. The van der Waals surface area contributed by atoms with Crippen LogP contribution in [0.25, 0.3) is 0 Å². The van der Waals surface area contributed by atoms with Gasteiger partial charge in [0.05, 0.1) is 18.8 Å². The van der Waals surface area contributed by atoms with E-state index in [0.717, 1.165) is 38.5 Å². The highest BCUT2D eigenvalue weighted by Crippen LogP contribution is 2.18. The van der Waals surface area contributed by atoms with Gasteiger partial charge in [0.25, 0.3) is 0 Å². The van der Waals surface area contributed by atoms with E-state index < -0.39 is 12.1 Å². The molecule has 2 unspecified atom stereocenters. The number of aliphatic hydroxyl groups is 2. The van der Waals surface area contributed by atoms with Crippen molar-refractivity contribution >= 4 is 5.91 Å². The molecule has 430 valence electrons. The van der Waals surface area contributed by atoms with E-state index in [-0.39, 0.29) is 12.5 Å². The molecule has 0 aliphatic carbocycles. The number of rotatable bonds is 62. The Hall–Kier alpha value is -1.65. The van der Waals surface area contributed by atoms with Crippen molar-refractivity contribution in [3.8, 4) is 0 Å². The predicted molar refractivity (Wildman–Crippen MR) is 327 cm³/mol. The van der Waals surface area contributed by atoms with Crippen molar-refractivity contribution in [2.45, 2.75) is 379 Å². The normalized spacial score (nSPS) is 13.0. The van der Waals surface area contributed by atoms with E-state index in [2.05, 4.69) is 55.6 Å². The van der Waals surface area contributed by atoms with Crippen molar-refractivity contribution in [2.24, 2.45) is 0 Å². The standard InChI is InChI=1S/C69H131NO3/c1-3-5-7-9-11-13-15-17-19-21-23-25-27-29-31-33-34-35-37-38-40-42-44-46-48-50-52-54-56-58-60-62-64-68(72)67(66-71)70-69(73)65-63-61-59-57-55-53-51-49-47-45-43-41-39-36-32-30-28-26-24-22-20-18-16-14-12-10-8-6-4-2/h16,18,22,24,28,30,62,64,67-68,71-72H,3-15,17,19-21,23,25-27,29,31-61,63,65-66H2,1-2H3,(H,70,73)/b18-16-,24-22-,30-28-,64-62+. The third kappa shape index (κ3) is 61.1. The second-order valence-corrected chi connectivity index (χ2v) is 22.9. The molecule has 0 spiro atoms. The number of hydrogen-bond acceptors (Lipinski definition) is 3. The first-order valence-corrected chi connectivity index (χ1v) is 33.4. The Kier molecular flexibility index (Phi) is 63.2. The molecule has 4 nitrogen and oxygen atoms in total. The summed E-state index contributed by atoms with van der Waals surface area (Å²) in [6, 6.07) is -0.625. The molecule has 1 amide bonds. The zero-order chi connectivity index (χ0) is 52.7. The molecule has 0 heterocycles. The van der Waals surface area contributed by atoms with Gasteiger partial charge >= 0.3 is 0 Å². The summed E-state index contributed by atoms with van der Waals surface area (Å²) >= 11 is 0. The van der Waals surface area contributed by atoms with Crippen molar-refractivity contribution in [1.82, 2.24) is 5.32 Å². The molecule has 0 rings (SSSR count). The molecule has 0 aliphatic heterocycles. The lowest BCUT2D eigenvalue weighted by atomic mass is 10.0. The molecule has 0 saturated carbocycles. The van der Waals surface area contributed by atoms with Crippen LogP contribution in [-0.4, -0.2) is 34.9 Å². The van der Waals surface area contributed by atoms with Crippen molar-refractivity contribution in [1.29, 1.82) is 0 Å². The summed E-state index contributed by atoms with van der Waals surface area (Å²) in [6.45, 7) is 4.34. The minimum absolute atomic E-state index is 0.0599. The van der Waals surface area contributed by atoms with E-state index >= 15 is 0 Å². The average Bonchev–Trinajstić information content (AvgIpc) is 3.40. The highest BCUT2D eigenvalue weighted by atomic mass is 16.3. The summed E-state index contributed by atoms with van der Waals surface area (Å²) in [6.07, 6.45) is 90.4. The number of carbonyl (C=O) groups is 1. The zero-order valence-corrected chi connectivity index (χ0v) is 49.7. The maximum absolute atomic E-state index is 12.5. The lowest BCUT2D eigenvalue weighted by molar-refractivity contribution is -0.123. The number of hydrogen-bond donors (Lipinski definition) is 3. The number of unbranched alkanes of at least 4 members (excludes halogenated alkanes) is 49. The first-order chi connectivity index (χ1) is 36.2. The van der Waals surface area contributed by atoms with Gasteiger partial charge in [-0.2, -0.15) is 0 Å². The molecule has 0 bridgehead atoms. The smallest absolute Gasteiger partial charge is 0.220 e. The fourth-order valence-corrected chi connectivity index (χ4v) is 10.5. The van der Waals surface area contributed by atoms with Gasteiger partial charge in [-0.1, -0.05) is 351 Å². The van der Waals surface area contributed by atoms with Crippen LogP contribution in [0.4, 0.5) is 0 Å². The fraction of sp³-hybridized carbons (Fsp3) is 0.870.